The van der Waals surface area contributed by atoms with Crippen LogP contribution in [0.15, 0.2) is 48.5 Å². The number of nitro benzene ring substituents is 1. The molecular weight excluding hydrogens is 256 g/mol. The van der Waals surface area contributed by atoms with Gasteiger partial charge in [-0.2, -0.15) is 0 Å². The predicted molar refractivity (Wildman–Crippen MR) is 75.4 cm³/mol. The van der Waals surface area contributed by atoms with Crippen LogP contribution in [0.5, 0.6) is 5.75 Å². The minimum Gasteiger partial charge on any atom is -0.496 e. The molecule has 0 fully saturated rings. The van der Waals surface area contributed by atoms with Crippen molar-refractivity contribution in [2.75, 3.05) is 7.11 Å². The molecule has 0 atom stereocenters. The number of nitrogens with zero attached hydrogens (tertiary/aromatic N) is 1. The van der Waals surface area contributed by atoms with E-state index in [2.05, 4.69) is 5.32 Å². The minimum atomic E-state index is -0.387. The van der Waals surface area contributed by atoms with Crippen molar-refractivity contribution in [3.05, 3.63) is 69.8 Å². The van der Waals surface area contributed by atoms with Gasteiger partial charge in [0.1, 0.15) is 18.8 Å². The normalized spacial score (nSPS) is 10.2. The highest BCUT2D eigenvalue weighted by molar-refractivity contribution is 5.33. The van der Waals surface area contributed by atoms with E-state index in [9.17, 15) is 10.1 Å². The molecule has 0 saturated carbocycles. The number of quaternary nitrogens is 1. The fourth-order valence-corrected chi connectivity index (χ4v) is 2.02. The van der Waals surface area contributed by atoms with Gasteiger partial charge in [-0.25, -0.2) is 0 Å². The van der Waals surface area contributed by atoms with E-state index in [-0.39, 0.29) is 10.6 Å². The Kier molecular flexibility index (Phi) is 4.68. The summed E-state index contributed by atoms with van der Waals surface area (Å²) >= 11 is 0. The summed E-state index contributed by atoms with van der Waals surface area (Å²) in [7, 11) is 1.66. The third-order valence-electron chi connectivity index (χ3n) is 3.08. The van der Waals surface area contributed by atoms with E-state index in [0.717, 1.165) is 30.0 Å². The Morgan fingerprint density at radius 1 is 1.10 bits per heavy atom. The molecule has 0 aromatic heterocycles. The molecule has 5 nitrogen and oxygen atoms in total. The molecule has 0 amide bonds. The van der Waals surface area contributed by atoms with E-state index in [1.807, 2.05) is 24.3 Å². The van der Waals surface area contributed by atoms with Crippen LogP contribution in [0, 0.1) is 10.1 Å². The molecule has 0 saturated heterocycles. The Hall–Kier alpha value is -2.40. The number of hydrogen-bond acceptors (Lipinski definition) is 3. The summed E-state index contributed by atoms with van der Waals surface area (Å²) in [4.78, 5) is 10.2. The number of non-ortho nitro benzene ring substituents is 1. The van der Waals surface area contributed by atoms with Crippen molar-refractivity contribution in [3.63, 3.8) is 0 Å². The quantitative estimate of drug-likeness (QED) is 0.645. The molecule has 2 aromatic rings. The summed E-state index contributed by atoms with van der Waals surface area (Å²) in [5.41, 5.74) is 2.32. The summed E-state index contributed by atoms with van der Waals surface area (Å²) < 4.78 is 5.30. The predicted octanol–water partition coefficient (Wildman–Crippen LogP) is 1.87. The summed E-state index contributed by atoms with van der Waals surface area (Å²) in [6.45, 7) is 1.58. The fraction of sp³-hybridized carbons (Fsp3) is 0.200. The van der Waals surface area contributed by atoms with E-state index >= 15 is 0 Å². The summed E-state index contributed by atoms with van der Waals surface area (Å²) in [5.74, 6) is 0.882. The van der Waals surface area contributed by atoms with Crippen LogP contribution in [-0.4, -0.2) is 12.0 Å². The first-order chi connectivity index (χ1) is 9.70. The number of para-hydroxylation sites is 1. The van der Waals surface area contributed by atoms with Gasteiger partial charge < -0.3 is 10.1 Å². The highest BCUT2D eigenvalue weighted by Gasteiger charge is 2.06. The van der Waals surface area contributed by atoms with Crippen molar-refractivity contribution >= 4 is 5.69 Å². The van der Waals surface area contributed by atoms with Gasteiger partial charge >= 0.3 is 0 Å². The number of hydrogen-bond donors (Lipinski definition) is 1. The van der Waals surface area contributed by atoms with Gasteiger partial charge in [0, 0.05) is 23.3 Å². The molecule has 0 unspecified atom stereocenters. The minimum absolute atomic E-state index is 0.124. The number of ether oxygens (including phenoxy) is 1. The van der Waals surface area contributed by atoms with Crippen LogP contribution in [0.1, 0.15) is 11.1 Å². The Morgan fingerprint density at radius 3 is 2.45 bits per heavy atom. The standard InChI is InChI=1S/C15H16N2O3/c1-20-15-5-3-2-4-13(15)11-16-10-12-6-8-14(9-7-12)17(18)19/h2-9,16H,10-11H2,1H3/p+1. The number of nitrogens with two attached hydrogens (primary N) is 1. The molecule has 2 aromatic carbocycles. The van der Waals surface area contributed by atoms with E-state index in [1.54, 1.807) is 19.2 Å². The van der Waals surface area contributed by atoms with Gasteiger partial charge in [-0.3, -0.25) is 10.1 Å². The molecule has 0 aliphatic rings. The van der Waals surface area contributed by atoms with Gasteiger partial charge in [-0.1, -0.05) is 12.1 Å². The highest BCUT2D eigenvalue weighted by Crippen LogP contribution is 2.15. The van der Waals surface area contributed by atoms with Gasteiger partial charge in [-0.15, -0.1) is 0 Å². The van der Waals surface area contributed by atoms with Crippen molar-refractivity contribution in [1.29, 1.82) is 0 Å². The molecule has 2 N–H and O–H groups in total. The first-order valence-electron chi connectivity index (χ1n) is 6.37. The molecule has 0 heterocycles. The molecular formula is C15H17N2O3+. The Bertz CT molecular complexity index is 582. The van der Waals surface area contributed by atoms with Crippen LogP contribution in [0.25, 0.3) is 0 Å². The lowest BCUT2D eigenvalue weighted by Crippen LogP contribution is -2.80. The Morgan fingerprint density at radius 2 is 1.80 bits per heavy atom. The molecule has 0 aliphatic heterocycles. The number of benzene rings is 2. The van der Waals surface area contributed by atoms with Gasteiger partial charge in [0.25, 0.3) is 5.69 Å². The molecule has 2 rings (SSSR count). The zero-order chi connectivity index (χ0) is 14.4. The zero-order valence-corrected chi connectivity index (χ0v) is 11.3. The number of rotatable bonds is 6. The monoisotopic (exact) mass is 273 g/mol. The van der Waals surface area contributed by atoms with E-state index in [4.69, 9.17) is 4.74 Å². The second-order valence-electron chi connectivity index (χ2n) is 4.43. The molecule has 0 spiro atoms. The lowest BCUT2D eigenvalue weighted by molar-refractivity contribution is -0.686. The second-order valence-corrected chi connectivity index (χ2v) is 4.43. The van der Waals surface area contributed by atoms with E-state index < -0.39 is 0 Å². The van der Waals surface area contributed by atoms with E-state index in [0.29, 0.717) is 0 Å². The topological polar surface area (TPSA) is 69.0 Å². The van der Waals surface area contributed by atoms with Crippen molar-refractivity contribution in [2.24, 2.45) is 0 Å². The van der Waals surface area contributed by atoms with Crippen molar-refractivity contribution in [2.45, 2.75) is 13.1 Å². The van der Waals surface area contributed by atoms with Crippen LogP contribution in [0.3, 0.4) is 0 Å². The summed E-state index contributed by atoms with van der Waals surface area (Å²) in [6, 6.07) is 14.5. The number of nitro groups is 1. The van der Waals surface area contributed by atoms with E-state index in [1.165, 1.54) is 12.1 Å². The second kappa shape index (κ2) is 6.68. The summed E-state index contributed by atoms with van der Waals surface area (Å²) in [6.07, 6.45) is 0. The van der Waals surface area contributed by atoms with Crippen molar-refractivity contribution in [3.8, 4) is 5.75 Å². The van der Waals surface area contributed by atoms with Crippen LogP contribution in [0.2, 0.25) is 0 Å². The molecule has 0 radical (unpaired) electrons. The fourth-order valence-electron chi connectivity index (χ4n) is 2.02. The highest BCUT2D eigenvalue weighted by atomic mass is 16.6. The molecule has 0 aliphatic carbocycles. The Balaban J connectivity index is 1.91. The van der Waals surface area contributed by atoms with Gasteiger partial charge in [0.05, 0.1) is 12.0 Å². The SMILES string of the molecule is COc1ccccc1C[NH2+]Cc1ccc([N+](=O)[O-])cc1. The van der Waals surface area contributed by atoms with Gasteiger partial charge in [-0.05, 0) is 24.3 Å². The maximum absolute atomic E-state index is 10.6. The van der Waals surface area contributed by atoms with Crippen molar-refractivity contribution in [1.82, 2.24) is 0 Å². The zero-order valence-electron chi connectivity index (χ0n) is 11.3. The first kappa shape index (κ1) is 14.0. The lowest BCUT2D eigenvalue weighted by Gasteiger charge is -2.07. The number of methoxy groups -OCH3 is 1. The lowest BCUT2D eigenvalue weighted by atomic mass is 10.2. The Labute approximate surface area is 117 Å². The maximum Gasteiger partial charge on any atom is 0.269 e. The average Bonchev–Trinajstić information content (AvgIpc) is 2.48. The molecule has 0 bridgehead atoms. The molecule has 5 heteroatoms. The smallest absolute Gasteiger partial charge is 0.269 e. The third kappa shape index (κ3) is 3.55. The summed E-state index contributed by atoms with van der Waals surface area (Å²) in [5, 5.41) is 12.7. The maximum atomic E-state index is 10.6. The first-order valence-corrected chi connectivity index (χ1v) is 6.37. The van der Waals surface area contributed by atoms with Crippen LogP contribution in [-0.2, 0) is 13.1 Å². The largest absolute Gasteiger partial charge is 0.496 e. The molecule has 20 heavy (non-hydrogen) atoms. The molecule has 104 valence electrons. The third-order valence-corrected chi connectivity index (χ3v) is 3.08. The van der Waals surface area contributed by atoms with Gasteiger partial charge in [0.2, 0.25) is 0 Å². The van der Waals surface area contributed by atoms with Crippen LogP contribution >= 0.6 is 0 Å². The average molecular weight is 273 g/mol. The van der Waals surface area contributed by atoms with Crippen LogP contribution in [0.4, 0.5) is 5.69 Å². The van der Waals surface area contributed by atoms with Crippen molar-refractivity contribution < 1.29 is 15.0 Å². The van der Waals surface area contributed by atoms with Crippen LogP contribution < -0.4 is 10.1 Å². The van der Waals surface area contributed by atoms with Gasteiger partial charge in [0.15, 0.2) is 0 Å².